The van der Waals surface area contributed by atoms with Crippen molar-refractivity contribution in [1.29, 1.82) is 0 Å². The molecule has 0 aliphatic carbocycles. The van der Waals surface area contributed by atoms with E-state index in [1.165, 1.54) is 12.1 Å². The summed E-state index contributed by atoms with van der Waals surface area (Å²) >= 11 is 3.40. The molecule has 142 valence electrons. The largest absolute Gasteiger partial charge is 0.488 e. The van der Waals surface area contributed by atoms with Gasteiger partial charge in [-0.2, -0.15) is 0 Å². The maximum absolute atomic E-state index is 12.5. The third kappa shape index (κ3) is 4.77. The molecule has 0 radical (unpaired) electrons. The van der Waals surface area contributed by atoms with Crippen LogP contribution in [0.1, 0.15) is 19.4 Å². The van der Waals surface area contributed by atoms with Gasteiger partial charge >= 0.3 is 0 Å². The Labute approximate surface area is 166 Å². The van der Waals surface area contributed by atoms with E-state index in [2.05, 4.69) is 26.0 Å². The number of nitrogens with one attached hydrogen (secondary N) is 2. The Hall–Kier alpha value is -2.16. The molecule has 0 atom stereocenters. The number of benzene rings is 2. The molecule has 2 N–H and O–H groups in total. The molecule has 0 fully saturated rings. The molecule has 0 saturated heterocycles. The van der Waals surface area contributed by atoms with Crippen molar-refractivity contribution < 1.29 is 17.9 Å². The average molecular weight is 451 g/mol. The van der Waals surface area contributed by atoms with Gasteiger partial charge in [-0.3, -0.25) is 4.79 Å². The highest BCUT2D eigenvalue weighted by Gasteiger charge is 2.19. The van der Waals surface area contributed by atoms with Crippen LogP contribution >= 0.6 is 15.9 Å². The summed E-state index contributed by atoms with van der Waals surface area (Å²) in [4.78, 5) is 12.6. The zero-order chi connectivity index (χ0) is 19.6. The maximum atomic E-state index is 12.5. The number of ether oxygens (including phenoxy) is 1. The molecule has 0 aromatic heterocycles. The number of amides is 1. The third-order valence-corrected chi connectivity index (χ3v) is 5.96. The minimum atomic E-state index is -3.56. The lowest BCUT2D eigenvalue weighted by molar-refractivity contribution is -0.113. The van der Waals surface area contributed by atoms with E-state index in [4.69, 9.17) is 4.74 Å². The van der Waals surface area contributed by atoms with Crippen molar-refractivity contribution in [3.05, 3.63) is 58.1 Å². The molecule has 0 saturated carbocycles. The van der Waals surface area contributed by atoms with Gasteiger partial charge in [0.15, 0.2) is 0 Å². The van der Waals surface area contributed by atoms with Crippen LogP contribution in [-0.4, -0.2) is 27.0 Å². The third-order valence-electron chi connectivity index (χ3n) is 3.79. The molecule has 0 unspecified atom stereocenters. The SMILES string of the molecule is CC(C)NS(=O)(=O)c1ccc(NC(=O)C2=Cc3cc(Br)ccc3OC2)cc1. The summed E-state index contributed by atoms with van der Waals surface area (Å²) in [6.07, 6.45) is 1.78. The molecular weight excluding hydrogens is 432 g/mol. The molecule has 0 bridgehead atoms. The summed E-state index contributed by atoms with van der Waals surface area (Å²) in [5.74, 6) is 0.429. The Morgan fingerprint density at radius 1 is 1.15 bits per heavy atom. The molecule has 0 spiro atoms. The van der Waals surface area contributed by atoms with Crippen LogP contribution in [-0.2, 0) is 14.8 Å². The Kier molecular flexibility index (Phi) is 5.69. The molecule has 8 heteroatoms. The van der Waals surface area contributed by atoms with Gasteiger partial charge in [-0.05, 0) is 62.4 Å². The minimum absolute atomic E-state index is 0.146. The summed E-state index contributed by atoms with van der Waals surface area (Å²) in [7, 11) is -3.56. The van der Waals surface area contributed by atoms with Gasteiger partial charge in [-0.1, -0.05) is 15.9 Å². The molecule has 27 heavy (non-hydrogen) atoms. The molecule has 6 nitrogen and oxygen atoms in total. The Bertz CT molecular complexity index is 999. The van der Waals surface area contributed by atoms with Crippen LogP contribution in [0.5, 0.6) is 5.75 Å². The molecule has 1 heterocycles. The number of sulfonamides is 1. The normalized spacial score (nSPS) is 13.6. The summed E-state index contributed by atoms with van der Waals surface area (Å²) in [5, 5.41) is 2.76. The van der Waals surface area contributed by atoms with Gasteiger partial charge in [0.05, 0.1) is 10.5 Å². The number of carbonyl (C=O) groups is 1. The van der Waals surface area contributed by atoms with Crippen LogP contribution in [0.25, 0.3) is 6.08 Å². The van der Waals surface area contributed by atoms with Gasteiger partial charge < -0.3 is 10.1 Å². The summed E-state index contributed by atoms with van der Waals surface area (Å²) < 4.78 is 33.3. The molecule has 2 aromatic rings. The van der Waals surface area contributed by atoms with Crippen LogP contribution in [0.15, 0.2) is 57.4 Å². The van der Waals surface area contributed by atoms with Crippen molar-refractivity contribution in [2.45, 2.75) is 24.8 Å². The first kappa shape index (κ1) is 19.6. The molecule has 3 rings (SSSR count). The van der Waals surface area contributed by atoms with E-state index in [0.29, 0.717) is 11.3 Å². The summed E-state index contributed by atoms with van der Waals surface area (Å²) in [6, 6.07) is 11.4. The van der Waals surface area contributed by atoms with E-state index in [0.717, 1.165) is 15.8 Å². The van der Waals surface area contributed by atoms with E-state index in [1.807, 2.05) is 18.2 Å². The van der Waals surface area contributed by atoms with Gasteiger partial charge in [0.1, 0.15) is 12.4 Å². The van der Waals surface area contributed by atoms with Crippen molar-refractivity contribution in [2.75, 3.05) is 11.9 Å². The highest BCUT2D eigenvalue weighted by Crippen LogP contribution is 2.29. The van der Waals surface area contributed by atoms with E-state index in [1.54, 1.807) is 32.1 Å². The fourth-order valence-corrected chi connectivity index (χ4v) is 4.22. The number of fused-ring (bicyclic) bond motifs is 1. The van der Waals surface area contributed by atoms with E-state index < -0.39 is 10.0 Å². The number of carbonyl (C=O) groups excluding carboxylic acids is 1. The van der Waals surface area contributed by atoms with Gasteiger partial charge in [0, 0.05) is 21.8 Å². The monoisotopic (exact) mass is 450 g/mol. The highest BCUT2D eigenvalue weighted by atomic mass is 79.9. The van der Waals surface area contributed by atoms with Crippen LogP contribution in [0.4, 0.5) is 5.69 Å². The Morgan fingerprint density at radius 3 is 2.52 bits per heavy atom. The fraction of sp³-hybridized carbons (Fsp3) is 0.211. The first-order valence-electron chi connectivity index (χ1n) is 8.31. The van der Waals surface area contributed by atoms with Crippen molar-refractivity contribution in [3.8, 4) is 5.75 Å². The first-order valence-corrected chi connectivity index (χ1v) is 10.6. The molecule has 2 aromatic carbocycles. The number of halogens is 1. The fourth-order valence-electron chi connectivity index (χ4n) is 2.59. The quantitative estimate of drug-likeness (QED) is 0.729. The number of rotatable bonds is 5. The van der Waals surface area contributed by atoms with Crippen molar-refractivity contribution in [2.24, 2.45) is 0 Å². The van der Waals surface area contributed by atoms with Gasteiger partial charge in [-0.25, -0.2) is 13.1 Å². The summed E-state index contributed by atoms with van der Waals surface area (Å²) in [6.45, 7) is 3.68. The van der Waals surface area contributed by atoms with E-state index in [-0.39, 0.29) is 23.5 Å². The van der Waals surface area contributed by atoms with Crippen molar-refractivity contribution in [3.63, 3.8) is 0 Å². The topological polar surface area (TPSA) is 84.5 Å². The van der Waals surface area contributed by atoms with Crippen molar-refractivity contribution >= 4 is 43.6 Å². The lowest BCUT2D eigenvalue weighted by Gasteiger charge is -2.18. The molecule has 1 aliphatic heterocycles. The number of hydrogen-bond donors (Lipinski definition) is 2. The molecule has 1 aliphatic rings. The van der Waals surface area contributed by atoms with Crippen LogP contribution in [0, 0.1) is 0 Å². The highest BCUT2D eigenvalue weighted by molar-refractivity contribution is 9.10. The lowest BCUT2D eigenvalue weighted by Crippen LogP contribution is -2.30. The summed E-state index contributed by atoms with van der Waals surface area (Å²) in [5.41, 5.74) is 1.81. The van der Waals surface area contributed by atoms with Gasteiger partial charge in [-0.15, -0.1) is 0 Å². The Morgan fingerprint density at radius 2 is 1.85 bits per heavy atom. The standard InChI is InChI=1S/C19H19BrN2O4S/c1-12(2)22-27(24,25)17-6-4-16(5-7-17)21-19(23)14-9-13-10-15(20)3-8-18(13)26-11-14/h3-10,12,22H,11H2,1-2H3,(H,21,23). The van der Waals surface area contributed by atoms with E-state index >= 15 is 0 Å². The number of anilines is 1. The lowest BCUT2D eigenvalue weighted by atomic mass is 10.1. The first-order chi connectivity index (χ1) is 12.7. The zero-order valence-electron chi connectivity index (χ0n) is 14.8. The zero-order valence-corrected chi connectivity index (χ0v) is 17.2. The number of hydrogen-bond acceptors (Lipinski definition) is 4. The minimum Gasteiger partial charge on any atom is -0.488 e. The smallest absolute Gasteiger partial charge is 0.255 e. The van der Waals surface area contributed by atoms with Crippen LogP contribution < -0.4 is 14.8 Å². The second-order valence-corrected chi connectivity index (χ2v) is 9.02. The maximum Gasteiger partial charge on any atom is 0.255 e. The Balaban J connectivity index is 1.73. The van der Waals surface area contributed by atoms with Crippen LogP contribution in [0.3, 0.4) is 0 Å². The predicted molar refractivity (Wildman–Crippen MR) is 108 cm³/mol. The van der Waals surface area contributed by atoms with Crippen LogP contribution in [0.2, 0.25) is 0 Å². The predicted octanol–water partition coefficient (Wildman–Crippen LogP) is 3.55. The second-order valence-electron chi connectivity index (χ2n) is 6.39. The molecular formula is C19H19BrN2O4S. The molecule has 1 amide bonds. The average Bonchev–Trinajstić information content (AvgIpc) is 2.60. The second kappa shape index (κ2) is 7.84. The van der Waals surface area contributed by atoms with Gasteiger partial charge in [0.25, 0.3) is 5.91 Å². The van der Waals surface area contributed by atoms with E-state index in [9.17, 15) is 13.2 Å². The van der Waals surface area contributed by atoms with Gasteiger partial charge in [0.2, 0.25) is 10.0 Å². The van der Waals surface area contributed by atoms with Crippen molar-refractivity contribution in [1.82, 2.24) is 4.72 Å².